The van der Waals surface area contributed by atoms with Crippen molar-refractivity contribution in [3.63, 3.8) is 0 Å². The van der Waals surface area contributed by atoms with Crippen molar-refractivity contribution >= 4 is 5.69 Å². The van der Waals surface area contributed by atoms with E-state index >= 15 is 0 Å². The Morgan fingerprint density at radius 3 is 3.19 bits per heavy atom. The molecule has 0 aromatic heterocycles. The van der Waals surface area contributed by atoms with Gasteiger partial charge >= 0.3 is 0 Å². The topological polar surface area (TPSA) is 15.3 Å². The molecule has 0 saturated heterocycles. The third-order valence-corrected chi connectivity index (χ3v) is 2.99. The van der Waals surface area contributed by atoms with Crippen LogP contribution in [0.3, 0.4) is 0 Å². The van der Waals surface area contributed by atoms with E-state index in [9.17, 15) is 0 Å². The minimum absolute atomic E-state index is 0.705. The van der Waals surface area contributed by atoms with E-state index in [0.29, 0.717) is 6.54 Å². The maximum Gasteiger partial charge on any atom is 0.0599 e. The van der Waals surface area contributed by atoms with E-state index in [0.717, 1.165) is 13.1 Å². The first-order valence-electron chi connectivity index (χ1n) is 5.78. The van der Waals surface area contributed by atoms with E-state index < -0.39 is 0 Å². The number of fused-ring (bicyclic) bond motifs is 1. The lowest BCUT2D eigenvalue weighted by atomic mass is 9.97. The van der Waals surface area contributed by atoms with Crippen LogP contribution in [0.4, 0.5) is 5.69 Å². The second-order valence-corrected chi connectivity index (χ2v) is 4.35. The molecule has 1 aliphatic heterocycles. The molecule has 0 saturated carbocycles. The molecule has 1 aromatic rings. The van der Waals surface area contributed by atoms with Gasteiger partial charge in [0.1, 0.15) is 0 Å². The molecular formula is C14H18N2. The Labute approximate surface area is 97.7 Å². The van der Waals surface area contributed by atoms with Crippen LogP contribution >= 0.6 is 0 Å². The van der Waals surface area contributed by atoms with Crippen LogP contribution in [0.5, 0.6) is 0 Å². The fraction of sp³-hybridized carbons (Fsp3) is 0.429. The largest absolute Gasteiger partial charge is 0.385 e. The van der Waals surface area contributed by atoms with Crippen LogP contribution in [0.25, 0.3) is 0 Å². The Morgan fingerprint density at radius 1 is 1.50 bits per heavy atom. The quantitative estimate of drug-likeness (QED) is 0.775. The summed E-state index contributed by atoms with van der Waals surface area (Å²) in [6.45, 7) is 2.74. The number of nitrogens with one attached hydrogen (secondary N) is 1. The van der Waals surface area contributed by atoms with Gasteiger partial charge in [-0.25, -0.2) is 0 Å². The smallest absolute Gasteiger partial charge is 0.0599 e. The minimum Gasteiger partial charge on any atom is -0.385 e. The summed E-state index contributed by atoms with van der Waals surface area (Å²) in [5, 5.41) is 3.45. The van der Waals surface area contributed by atoms with Gasteiger partial charge in [-0.2, -0.15) is 0 Å². The maximum absolute atomic E-state index is 5.32. The molecule has 84 valence electrons. The lowest BCUT2D eigenvalue weighted by Crippen LogP contribution is -2.20. The van der Waals surface area contributed by atoms with E-state index in [2.05, 4.69) is 41.4 Å². The highest BCUT2D eigenvalue weighted by Crippen LogP contribution is 2.25. The minimum atomic E-state index is 0.705. The standard InChI is InChI=1S/C14H18N2/c1-3-10-16(2)11-12-6-4-8-14-13(12)7-5-9-15-14/h1,4,6,8,15H,5,7,9-11H2,2H3. The average Bonchev–Trinajstić information content (AvgIpc) is 2.30. The van der Waals surface area contributed by atoms with Crippen LogP contribution in [0.2, 0.25) is 0 Å². The van der Waals surface area contributed by atoms with E-state index in [1.165, 1.54) is 29.7 Å². The zero-order valence-electron chi connectivity index (χ0n) is 9.79. The fourth-order valence-corrected chi connectivity index (χ4v) is 2.23. The van der Waals surface area contributed by atoms with Gasteiger partial charge in [-0.3, -0.25) is 4.90 Å². The molecule has 0 fully saturated rings. The van der Waals surface area contributed by atoms with E-state index in [-0.39, 0.29) is 0 Å². The van der Waals surface area contributed by atoms with Crippen molar-refractivity contribution < 1.29 is 0 Å². The number of nitrogens with zero attached hydrogens (tertiary/aromatic N) is 1. The number of hydrogen-bond acceptors (Lipinski definition) is 2. The highest BCUT2D eigenvalue weighted by molar-refractivity contribution is 5.56. The zero-order valence-corrected chi connectivity index (χ0v) is 9.79. The molecule has 1 aromatic carbocycles. The van der Waals surface area contributed by atoms with Crippen LogP contribution in [0.15, 0.2) is 18.2 Å². The lowest BCUT2D eigenvalue weighted by Gasteiger charge is -2.23. The molecule has 0 radical (unpaired) electrons. The van der Waals surface area contributed by atoms with Crippen molar-refractivity contribution in [2.45, 2.75) is 19.4 Å². The number of rotatable bonds is 3. The fourth-order valence-electron chi connectivity index (χ4n) is 2.23. The Balaban J connectivity index is 2.18. The zero-order chi connectivity index (χ0) is 11.4. The average molecular weight is 214 g/mol. The van der Waals surface area contributed by atoms with Gasteiger partial charge < -0.3 is 5.32 Å². The van der Waals surface area contributed by atoms with Gasteiger partial charge in [-0.1, -0.05) is 18.1 Å². The summed E-state index contributed by atoms with van der Waals surface area (Å²) >= 11 is 0. The van der Waals surface area contributed by atoms with Gasteiger partial charge in [0.15, 0.2) is 0 Å². The molecule has 0 atom stereocenters. The van der Waals surface area contributed by atoms with Crippen LogP contribution in [-0.2, 0) is 13.0 Å². The number of terminal acetylenes is 1. The first-order chi connectivity index (χ1) is 7.81. The highest BCUT2D eigenvalue weighted by atomic mass is 15.1. The number of benzene rings is 1. The number of anilines is 1. The van der Waals surface area contributed by atoms with Crippen LogP contribution < -0.4 is 5.32 Å². The van der Waals surface area contributed by atoms with Gasteiger partial charge in [-0.15, -0.1) is 6.42 Å². The summed E-state index contributed by atoms with van der Waals surface area (Å²) in [6.07, 6.45) is 7.72. The van der Waals surface area contributed by atoms with E-state index in [4.69, 9.17) is 6.42 Å². The van der Waals surface area contributed by atoms with Crippen molar-refractivity contribution in [2.24, 2.45) is 0 Å². The molecule has 1 aliphatic rings. The monoisotopic (exact) mass is 214 g/mol. The van der Waals surface area contributed by atoms with E-state index in [1.54, 1.807) is 0 Å². The predicted octanol–water partition coefficient (Wildman–Crippen LogP) is 2.11. The summed E-state index contributed by atoms with van der Waals surface area (Å²) in [7, 11) is 2.06. The molecule has 2 rings (SSSR count). The summed E-state index contributed by atoms with van der Waals surface area (Å²) in [5.74, 6) is 2.68. The first kappa shape index (κ1) is 11.0. The summed E-state index contributed by atoms with van der Waals surface area (Å²) in [5.41, 5.74) is 4.18. The molecule has 1 N–H and O–H groups in total. The normalized spacial score (nSPS) is 14.1. The first-order valence-corrected chi connectivity index (χ1v) is 5.78. The molecule has 0 unspecified atom stereocenters. The van der Waals surface area contributed by atoms with Gasteiger partial charge in [-0.05, 0) is 37.1 Å². The second kappa shape index (κ2) is 5.05. The Kier molecular flexibility index (Phi) is 3.48. The predicted molar refractivity (Wildman–Crippen MR) is 68.4 cm³/mol. The second-order valence-electron chi connectivity index (χ2n) is 4.35. The summed E-state index contributed by atoms with van der Waals surface area (Å²) < 4.78 is 0. The summed E-state index contributed by atoms with van der Waals surface area (Å²) in [4.78, 5) is 2.17. The van der Waals surface area contributed by atoms with Crippen molar-refractivity contribution in [1.82, 2.24) is 4.90 Å². The Hall–Kier alpha value is -1.46. The van der Waals surface area contributed by atoms with Crippen LogP contribution in [0.1, 0.15) is 17.5 Å². The molecule has 0 aliphatic carbocycles. The molecule has 16 heavy (non-hydrogen) atoms. The maximum atomic E-state index is 5.32. The van der Waals surface area contributed by atoms with Gasteiger partial charge in [0.2, 0.25) is 0 Å². The van der Waals surface area contributed by atoms with Crippen LogP contribution in [0, 0.1) is 12.3 Å². The van der Waals surface area contributed by atoms with Crippen molar-refractivity contribution in [1.29, 1.82) is 0 Å². The third kappa shape index (κ3) is 2.37. The van der Waals surface area contributed by atoms with Crippen molar-refractivity contribution in [3.05, 3.63) is 29.3 Å². The Bertz CT molecular complexity index is 404. The Morgan fingerprint density at radius 2 is 2.38 bits per heavy atom. The SMILES string of the molecule is C#CCN(C)Cc1cccc2c1CCCN2. The van der Waals surface area contributed by atoms with Crippen molar-refractivity contribution in [3.8, 4) is 12.3 Å². The molecular weight excluding hydrogens is 196 g/mol. The molecule has 0 bridgehead atoms. The third-order valence-electron chi connectivity index (χ3n) is 2.99. The van der Waals surface area contributed by atoms with Gasteiger partial charge in [0.05, 0.1) is 6.54 Å². The van der Waals surface area contributed by atoms with E-state index in [1.807, 2.05) is 0 Å². The molecule has 0 amide bonds. The van der Waals surface area contributed by atoms with Crippen LogP contribution in [-0.4, -0.2) is 25.0 Å². The number of hydrogen-bond donors (Lipinski definition) is 1. The lowest BCUT2D eigenvalue weighted by molar-refractivity contribution is 0.367. The molecule has 2 nitrogen and oxygen atoms in total. The molecule has 2 heteroatoms. The van der Waals surface area contributed by atoms with Gasteiger partial charge in [0.25, 0.3) is 0 Å². The molecule has 0 spiro atoms. The summed E-state index contributed by atoms with van der Waals surface area (Å²) in [6, 6.07) is 6.49. The highest BCUT2D eigenvalue weighted by Gasteiger charge is 2.12. The molecule has 1 heterocycles. The van der Waals surface area contributed by atoms with Crippen molar-refractivity contribution in [2.75, 3.05) is 25.5 Å². The van der Waals surface area contributed by atoms with Gasteiger partial charge in [0, 0.05) is 18.8 Å².